The summed E-state index contributed by atoms with van der Waals surface area (Å²) in [6.45, 7) is 9.83. The molecule has 0 atom stereocenters. The second-order valence-corrected chi connectivity index (χ2v) is 9.97. The maximum atomic E-state index is 11.8. The fourth-order valence-electron chi connectivity index (χ4n) is 4.81. The number of rotatable bonds is 4. The Morgan fingerprint density at radius 3 is 2.26 bits per heavy atom. The molecule has 0 saturated carbocycles. The number of fused-ring (bicyclic) bond motifs is 2. The molecule has 2 aliphatic rings. The summed E-state index contributed by atoms with van der Waals surface area (Å²) in [5, 5.41) is 0. The van der Waals surface area contributed by atoms with Gasteiger partial charge in [-0.25, -0.2) is 0 Å². The van der Waals surface area contributed by atoms with Gasteiger partial charge in [-0.1, -0.05) is 25.6 Å². The minimum atomic E-state index is 0.192. The predicted molar refractivity (Wildman–Crippen MR) is 132 cm³/mol. The largest absolute Gasteiger partial charge is 0.378 e. The van der Waals surface area contributed by atoms with E-state index in [0.717, 1.165) is 51.9 Å². The lowest BCUT2D eigenvalue weighted by molar-refractivity contribution is -0.128. The first-order valence-electron chi connectivity index (χ1n) is 11.6. The number of nitrogens with zero attached hydrogens (tertiary/aromatic N) is 3. The van der Waals surface area contributed by atoms with Crippen LogP contribution >= 0.6 is 11.8 Å². The molecular formula is C26H35N3OS. The highest BCUT2D eigenvalue weighted by atomic mass is 32.2. The molecule has 0 radical (unpaired) electrons. The van der Waals surface area contributed by atoms with Gasteiger partial charge in [-0.15, -0.1) is 0 Å². The number of anilines is 2. The van der Waals surface area contributed by atoms with Crippen LogP contribution in [0.15, 0.2) is 34.1 Å². The van der Waals surface area contributed by atoms with Crippen molar-refractivity contribution in [1.29, 1.82) is 0 Å². The van der Waals surface area contributed by atoms with Crippen LogP contribution in [-0.4, -0.2) is 51.1 Å². The van der Waals surface area contributed by atoms with Crippen LogP contribution in [0.4, 0.5) is 11.4 Å². The lowest BCUT2D eigenvalue weighted by Gasteiger charge is -2.29. The SMILES string of the molecule is CCc1cc(N(C)C)cc2c1Cc1c(CC)cc(N3CCCN(C(C)=O)CC3)cc1S2. The Morgan fingerprint density at radius 2 is 1.61 bits per heavy atom. The number of carbonyl (C=O) groups excluding carboxylic acids is 1. The van der Waals surface area contributed by atoms with Gasteiger partial charge in [-0.2, -0.15) is 0 Å². The summed E-state index contributed by atoms with van der Waals surface area (Å²) in [6, 6.07) is 9.53. The predicted octanol–water partition coefficient (Wildman–Crippen LogP) is 4.99. The first kappa shape index (κ1) is 22.1. The molecule has 4 rings (SSSR count). The summed E-state index contributed by atoms with van der Waals surface area (Å²) in [4.78, 5) is 21.3. The van der Waals surface area contributed by atoms with E-state index in [-0.39, 0.29) is 5.91 Å². The number of amides is 1. The number of carbonyl (C=O) groups is 1. The van der Waals surface area contributed by atoms with Crippen molar-refractivity contribution in [3.8, 4) is 0 Å². The van der Waals surface area contributed by atoms with Crippen molar-refractivity contribution in [2.45, 2.75) is 56.2 Å². The highest BCUT2D eigenvalue weighted by Crippen LogP contribution is 2.45. The standard InChI is InChI=1S/C26H35N3OS/c1-6-19-13-21(27(4)5)15-25-23(19)17-24-20(7-2)14-22(16-26(24)31-25)29-10-8-9-28(11-12-29)18(3)30/h13-16H,6-12,17H2,1-5H3. The number of hydrogen-bond acceptors (Lipinski definition) is 4. The minimum absolute atomic E-state index is 0.192. The van der Waals surface area contributed by atoms with E-state index in [1.165, 1.54) is 43.4 Å². The molecule has 2 aromatic carbocycles. The molecule has 1 fully saturated rings. The van der Waals surface area contributed by atoms with Gasteiger partial charge in [0.1, 0.15) is 0 Å². The van der Waals surface area contributed by atoms with Gasteiger partial charge in [0.05, 0.1) is 0 Å². The fraction of sp³-hybridized carbons (Fsp3) is 0.500. The third-order valence-electron chi connectivity index (χ3n) is 6.73. The van der Waals surface area contributed by atoms with E-state index >= 15 is 0 Å². The monoisotopic (exact) mass is 437 g/mol. The Kier molecular flexibility index (Phi) is 6.52. The van der Waals surface area contributed by atoms with E-state index in [1.54, 1.807) is 6.92 Å². The van der Waals surface area contributed by atoms with Crippen LogP contribution in [0.3, 0.4) is 0 Å². The van der Waals surface area contributed by atoms with E-state index in [0.29, 0.717) is 0 Å². The van der Waals surface area contributed by atoms with Crippen LogP contribution < -0.4 is 9.80 Å². The van der Waals surface area contributed by atoms with Gasteiger partial charge in [0.2, 0.25) is 5.91 Å². The smallest absolute Gasteiger partial charge is 0.219 e. The van der Waals surface area contributed by atoms with Gasteiger partial charge in [0.25, 0.3) is 0 Å². The first-order valence-corrected chi connectivity index (χ1v) is 12.4. The zero-order valence-corrected chi connectivity index (χ0v) is 20.4. The molecule has 5 heteroatoms. The molecule has 1 amide bonds. The van der Waals surface area contributed by atoms with E-state index in [4.69, 9.17) is 0 Å². The van der Waals surface area contributed by atoms with Crippen molar-refractivity contribution in [2.75, 3.05) is 50.1 Å². The van der Waals surface area contributed by atoms with E-state index in [9.17, 15) is 4.79 Å². The van der Waals surface area contributed by atoms with E-state index < -0.39 is 0 Å². The van der Waals surface area contributed by atoms with Crippen LogP contribution in [0.5, 0.6) is 0 Å². The van der Waals surface area contributed by atoms with Crippen LogP contribution in [0.2, 0.25) is 0 Å². The van der Waals surface area contributed by atoms with Gasteiger partial charge in [0.15, 0.2) is 0 Å². The van der Waals surface area contributed by atoms with Crippen molar-refractivity contribution in [3.63, 3.8) is 0 Å². The number of aryl methyl sites for hydroxylation is 2. The third-order valence-corrected chi connectivity index (χ3v) is 7.90. The normalized spacial score (nSPS) is 15.9. The Morgan fingerprint density at radius 1 is 0.935 bits per heavy atom. The van der Waals surface area contributed by atoms with Crippen LogP contribution in [0.25, 0.3) is 0 Å². The fourth-order valence-corrected chi connectivity index (χ4v) is 6.06. The van der Waals surface area contributed by atoms with Crippen molar-refractivity contribution >= 4 is 29.0 Å². The van der Waals surface area contributed by atoms with E-state index in [1.807, 2.05) is 16.7 Å². The van der Waals surface area contributed by atoms with Crippen molar-refractivity contribution in [3.05, 3.63) is 46.5 Å². The molecule has 0 aliphatic carbocycles. The summed E-state index contributed by atoms with van der Waals surface area (Å²) in [5.41, 5.74) is 8.57. The molecule has 2 heterocycles. The summed E-state index contributed by atoms with van der Waals surface area (Å²) in [5.74, 6) is 0.192. The average Bonchev–Trinajstić information content (AvgIpc) is 3.02. The lowest BCUT2D eigenvalue weighted by atomic mass is 9.92. The number of hydrogen-bond donors (Lipinski definition) is 0. The molecule has 4 nitrogen and oxygen atoms in total. The van der Waals surface area contributed by atoms with Crippen molar-refractivity contribution in [1.82, 2.24) is 4.90 Å². The molecule has 0 aromatic heterocycles. The van der Waals surface area contributed by atoms with Gasteiger partial charge in [-0.3, -0.25) is 4.79 Å². The highest BCUT2D eigenvalue weighted by molar-refractivity contribution is 7.99. The number of benzene rings is 2. The summed E-state index contributed by atoms with van der Waals surface area (Å²) < 4.78 is 0. The quantitative estimate of drug-likeness (QED) is 0.574. The molecule has 31 heavy (non-hydrogen) atoms. The molecule has 2 aliphatic heterocycles. The second-order valence-electron chi connectivity index (χ2n) is 8.89. The lowest BCUT2D eigenvalue weighted by Crippen LogP contribution is -2.33. The first-order chi connectivity index (χ1) is 14.9. The Bertz CT molecular complexity index is 985. The molecule has 2 aromatic rings. The van der Waals surface area contributed by atoms with Crippen molar-refractivity contribution < 1.29 is 4.79 Å². The molecule has 0 spiro atoms. The Balaban J connectivity index is 1.69. The molecular weight excluding hydrogens is 402 g/mol. The maximum Gasteiger partial charge on any atom is 0.219 e. The van der Waals surface area contributed by atoms with Crippen molar-refractivity contribution in [2.24, 2.45) is 0 Å². The average molecular weight is 438 g/mol. The Labute approximate surface area is 191 Å². The molecule has 0 unspecified atom stereocenters. The van der Waals surface area contributed by atoms with Gasteiger partial charge in [0, 0.05) is 74.8 Å². The van der Waals surface area contributed by atoms with Crippen LogP contribution in [0.1, 0.15) is 49.4 Å². The zero-order valence-electron chi connectivity index (χ0n) is 19.6. The molecule has 1 saturated heterocycles. The third kappa shape index (κ3) is 4.43. The summed E-state index contributed by atoms with van der Waals surface area (Å²) in [7, 11) is 4.25. The topological polar surface area (TPSA) is 26.8 Å². The second kappa shape index (κ2) is 9.15. The highest BCUT2D eigenvalue weighted by Gasteiger charge is 2.24. The maximum absolute atomic E-state index is 11.8. The minimum Gasteiger partial charge on any atom is -0.378 e. The molecule has 166 valence electrons. The van der Waals surface area contributed by atoms with Crippen LogP contribution in [-0.2, 0) is 24.1 Å². The molecule has 0 N–H and O–H groups in total. The van der Waals surface area contributed by atoms with Gasteiger partial charge < -0.3 is 14.7 Å². The zero-order chi connectivity index (χ0) is 22.1. The Hall–Kier alpha value is -2.14. The van der Waals surface area contributed by atoms with Gasteiger partial charge >= 0.3 is 0 Å². The van der Waals surface area contributed by atoms with Gasteiger partial charge in [-0.05, 0) is 65.8 Å². The summed E-state index contributed by atoms with van der Waals surface area (Å²) in [6.07, 6.45) is 4.19. The van der Waals surface area contributed by atoms with Crippen LogP contribution in [0, 0.1) is 0 Å². The molecule has 0 bridgehead atoms. The van der Waals surface area contributed by atoms with E-state index in [2.05, 4.69) is 62.0 Å². The summed E-state index contributed by atoms with van der Waals surface area (Å²) >= 11 is 1.94.